The van der Waals surface area contributed by atoms with Crippen molar-refractivity contribution >= 4 is 21.7 Å². The number of imidazole rings is 1. The van der Waals surface area contributed by atoms with E-state index in [9.17, 15) is 18.3 Å². The number of carbonyl (C=O) groups is 1. The van der Waals surface area contributed by atoms with Crippen LogP contribution in [0.25, 0.3) is 11.1 Å². The number of hydrogen-bond donors (Lipinski definition) is 2. The van der Waals surface area contributed by atoms with Gasteiger partial charge >= 0.3 is 5.97 Å². The zero-order chi connectivity index (χ0) is 19.7. The number of aromatic nitrogens is 2. The Labute approximate surface area is 162 Å². The minimum Gasteiger partial charge on any atom is -0.478 e. The first-order chi connectivity index (χ1) is 13.4. The number of aromatic carboxylic acids is 1. The first kappa shape index (κ1) is 18.2. The highest BCUT2D eigenvalue weighted by Gasteiger charge is 2.24. The highest BCUT2D eigenvalue weighted by atomic mass is 32.2. The lowest BCUT2D eigenvalue weighted by Crippen LogP contribution is -2.16. The number of nitrogens with zero attached hydrogens (tertiary/aromatic N) is 2. The highest BCUT2D eigenvalue weighted by molar-refractivity contribution is 7.92. The molecule has 0 fully saturated rings. The van der Waals surface area contributed by atoms with Crippen molar-refractivity contribution < 1.29 is 18.3 Å². The fraction of sp³-hybridized carbons (Fsp3) is 0.200. The first-order valence-electron chi connectivity index (χ1n) is 8.96. The summed E-state index contributed by atoms with van der Waals surface area (Å²) in [6.45, 7) is 0.738. The summed E-state index contributed by atoms with van der Waals surface area (Å²) in [6, 6.07) is 13.9. The van der Waals surface area contributed by atoms with Crippen LogP contribution in [0.3, 0.4) is 0 Å². The molecule has 3 aromatic rings. The number of fused-ring (bicyclic) bond motifs is 1. The molecular weight excluding hydrogens is 378 g/mol. The molecule has 0 amide bonds. The molecule has 7 nitrogen and oxygen atoms in total. The van der Waals surface area contributed by atoms with E-state index in [1.807, 2.05) is 34.9 Å². The van der Waals surface area contributed by atoms with Crippen molar-refractivity contribution in [2.45, 2.75) is 30.8 Å². The fourth-order valence-electron chi connectivity index (χ4n) is 3.34. The van der Waals surface area contributed by atoms with E-state index >= 15 is 0 Å². The van der Waals surface area contributed by atoms with Crippen LogP contribution in [-0.2, 0) is 23.0 Å². The van der Waals surface area contributed by atoms with Gasteiger partial charge in [0.25, 0.3) is 10.0 Å². The molecule has 144 valence electrons. The van der Waals surface area contributed by atoms with Gasteiger partial charge in [0.2, 0.25) is 0 Å². The van der Waals surface area contributed by atoms with E-state index in [4.69, 9.17) is 0 Å². The van der Waals surface area contributed by atoms with E-state index in [1.54, 1.807) is 6.07 Å². The molecule has 0 bridgehead atoms. The topological polar surface area (TPSA) is 101 Å². The standard InChI is InChI=1S/C20H19N3O4S/c24-20(25)16-10-9-15(14-6-2-1-3-7-14)12-17(16)22-28(26,27)19-13-23-11-5-4-8-18(23)21-19/h1-3,6-7,9-10,12-13,22H,4-5,8,11H2,(H,24,25). The normalized spacial score (nSPS) is 13.7. The summed E-state index contributed by atoms with van der Waals surface area (Å²) in [5.74, 6) is -0.468. The van der Waals surface area contributed by atoms with E-state index in [0.29, 0.717) is 5.56 Å². The molecule has 2 N–H and O–H groups in total. The van der Waals surface area contributed by atoms with Crippen molar-refractivity contribution in [1.82, 2.24) is 9.55 Å². The Balaban J connectivity index is 1.73. The van der Waals surface area contributed by atoms with Crippen LogP contribution in [0.15, 0.2) is 59.8 Å². The monoisotopic (exact) mass is 397 g/mol. The maximum absolute atomic E-state index is 12.9. The Bertz CT molecular complexity index is 1110. The van der Waals surface area contributed by atoms with Gasteiger partial charge in [-0.15, -0.1) is 0 Å². The largest absolute Gasteiger partial charge is 0.478 e. The number of sulfonamides is 1. The summed E-state index contributed by atoms with van der Waals surface area (Å²) in [7, 11) is -4.01. The van der Waals surface area contributed by atoms with Gasteiger partial charge in [0, 0.05) is 19.2 Å². The smallest absolute Gasteiger partial charge is 0.337 e. The van der Waals surface area contributed by atoms with Crippen molar-refractivity contribution in [3.05, 3.63) is 66.1 Å². The van der Waals surface area contributed by atoms with Crippen LogP contribution in [0.2, 0.25) is 0 Å². The second-order valence-electron chi connectivity index (χ2n) is 6.68. The van der Waals surface area contributed by atoms with Gasteiger partial charge in [0.05, 0.1) is 11.3 Å². The molecular formula is C20H19N3O4S. The SMILES string of the molecule is O=C(O)c1ccc(-c2ccccc2)cc1NS(=O)(=O)c1cn2c(n1)CCCC2. The lowest BCUT2D eigenvalue weighted by atomic mass is 10.0. The van der Waals surface area contributed by atoms with Crippen LogP contribution in [0.4, 0.5) is 5.69 Å². The van der Waals surface area contributed by atoms with Crippen LogP contribution in [-0.4, -0.2) is 29.0 Å². The van der Waals surface area contributed by atoms with Gasteiger partial charge in [-0.1, -0.05) is 36.4 Å². The van der Waals surface area contributed by atoms with Gasteiger partial charge in [0.15, 0.2) is 5.03 Å². The summed E-state index contributed by atoms with van der Waals surface area (Å²) in [5.41, 5.74) is 1.47. The van der Waals surface area contributed by atoms with E-state index in [-0.39, 0.29) is 16.3 Å². The number of nitrogens with one attached hydrogen (secondary N) is 1. The van der Waals surface area contributed by atoms with Crippen molar-refractivity contribution in [3.8, 4) is 11.1 Å². The Morgan fingerprint density at radius 3 is 2.57 bits per heavy atom. The predicted molar refractivity (Wildman–Crippen MR) is 105 cm³/mol. The van der Waals surface area contributed by atoms with Gasteiger partial charge in [-0.3, -0.25) is 4.72 Å². The van der Waals surface area contributed by atoms with Crippen molar-refractivity contribution in [1.29, 1.82) is 0 Å². The molecule has 4 rings (SSSR count). The zero-order valence-corrected chi connectivity index (χ0v) is 15.8. The molecule has 1 aliphatic rings. The van der Waals surface area contributed by atoms with Crippen LogP contribution in [0, 0.1) is 0 Å². The number of rotatable bonds is 5. The Hall–Kier alpha value is -3.13. The van der Waals surface area contributed by atoms with Gasteiger partial charge in [0.1, 0.15) is 5.82 Å². The molecule has 8 heteroatoms. The Kier molecular flexibility index (Phi) is 4.64. The minimum absolute atomic E-state index is 0.0137. The highest BCUT2D eigenvalue weighted by Crippen LogP contribution is 2.28. The molecule has 1 aromatic heterocycles. The van der Waals surface area contributed by atoms with Crippen LogP contribution in [0.1, 0.15) is 29.0 Å². The van der Waals surface area contributed by atoms with E-state index < -0.39 is 16.0 Å². The summed E-state index contributed by atoms with van der Waals surface area (Å²) in [4.78, 5) is 15.8. The summed E-state index contributed by atoms with van der Waals surface area (Å²) in [5, 5.41) is 9.38. The lowest BCUT2D eigenvalue weighted by molar-refractivity contribution is 0.0698. The van der Waals surface area contributed by atoms with E-state index in [1.165, 1.54) is 18.3 Å². The maximum Gasteiger partial charge on any atom is 0.337 e. The van der Waals surface area contributed by atoms with Gasteiger partial charge in [-0.2, -0.15) is 8.42 Å². The third-order valence-electron chi connectivity index (χ3n) is 4.76. The fourth-order valence-corrected chi connectivity index (χ4v) is 4.39. The lowest BCUT2D eigenvalue weighted by Gasteiger charge is -2.11. The second kappa shape index (κ2) is 7.12. The van der Waals surface area contributed by atoms with Gasteiger partial charge in [-0.25, -0.2) is 9.78 Å². The molecule has 0 radical (unpaired) electrons. The number of benzene rings is 2. The minimum atomic E-state index is -4.01. The molecule has 0 unspecified atom stereocenters. The van der Waals surface area contributed by atoms with E-state index in [2.05, 4.69) is 9.71 Å². The van der Waals surface area contributed by atoms with Crippen LogP contribution >= 0.6 is 0 Å². The van der Waals surface area contributed by atoms with Gasteiger partial charge < -0.3 is 9.67 Å². The predicted octanol–water partition coefficient (Wildman–Crippen LogP) is 3.39. The third-order valence-corrected chi connectivity index (χ3v) is 6.00. The number of aryl methyl sites for hydroxylation is 2. The molecule has 2 heterocycles. The number of hydrogen-bond acceptors (Lipinski definition) is 4. The summed E-state index contributed by atoms with van der Waals surface area (Å²) >= 11 is 0. The molecule has 2 aromatic carbocycles. The second-order valence-corrected chi connectivity index (χ2v) is 8.31. The average Bonchev–Trinajstić information content (AvgIpc) is 3.13. The molecule has 0 saturated heterocycles. The zero-order valence-electron chi connectivity index (χ0n) is 15.0. The molecule has 0 aliphatic carbocycles. The van der Waals surface area contributed by atoms with Crippen LogP contribution < -0.4 is 4.72 Å². The summed E-state index contributed by atoms with van der Waals surface area (Å²) < 4.78 is 30.0. The molecule has 0 atom stereocenters. The molecule has 28 heavy (non-hydrogen) atoms. The van der Waals surface area contributed by atoms with Gasteiger partial charge in [-0.05, 0) is 36.1 Å². The third kappa shape index (κ3) is 3.50. The van der Waals surface area contributed by atoms with Crippen molar-refractivity contribution in [3.63, 3.8) is 0 Å². The molecule has 0 saturated carbocycles. The quantitative estimate of drug-likeness (QED) is 0.687. The number of carboxylic acid groups (broad SMARTS) is 1. The van der Waals surface area contributed by atoms with E-state index in [0.717, 1.165) is 37.2 Å². The van der Waals surface area contributed by atoms with Crippen LogP contribution in [0.5, 0.6) is 0 Å². The first-order valence-corrected chi connectivity index (χ1v) is 10.4. The average molecular weight is 397 g/mol. The van der Waals surface area contributed by atoms with Crippen molar-refractivity contribution in [2.75, 3.05) is 4.72 Å². The Morgan fingerprint density at radius 2 is 1.86 bits per heavy atom. The number of anilines is 1. The maximum atomic E-state index is 12.9. The number of carboxylic acids is 1. The summed E-state index contributed by atoms with van der Waals surface area (Å²) in [6.07, 6.45) is 4.21. The van der Waals surface area contributed by atoms with Crippen molar-refractivity contribution in [2.24, 2.45) is 0 Å². The molecule has 1 aliphatic heterocycles. The Morgan fingerprint density at radius 1 is 1.07 bits per heavy atom. The molecule has 0 spiro atoms.